The van der Waals surface area contributed by atoms with Gasteiger partial charge in [0.05, 0.1) is 12.8 Å². The number of hydrogen-bond donors (Lipinski definition) is 2. The second kappa shape index (κ2) is 12.7. The summed E-state index contributed by atoms with van der Waals surface area (Å²) in [5.41, 5.74) is 2.87. The third-order valence-corrected chi connectivity index (χ3v) is 5.97. The molecular weight excluding hydrogens is 469 g/mol. The number of benzene rings is 3. The maximum Gasteiger partial charge on any atom is 0.229 e. The predicted octanol–water partition coefficient (Wildman–Crippen LogP) is 6.50. The Bertz CT molecular complexity index is 1300. The van der Waals surface area contributed by atoms with Crippen LogP contribution in [0.5, 0.6) is 11.5 Å². The van der Waals surface area contributed by atoms with Gasteiger partial charge < -0.3 is 25.0 Å². The summed E-state index contributed by atoms with van der Waals surface area (Å²) in [5.74, 6) is 2.05. The minimum Gasteiger partial charge on any atom is -0.495 e. The molecule has 0 fully saturated rings. The highest BCUT2D eigenvalue weighted by atomic mass is 19.1. The fraction of sp³-hybridized carbons (Fsp3) is 0.241. The summed E-state index contributed by atoms with van der Waals surface area (Å²) in [7, 11) is 1.61. The summed E-state index contributed by atoms with van der Waals surface area (Å²) in [6, 6.07) is 21.6. The van der Waals surface area contributed by atoms with Gasteiger partial charge in [-0.25, -0.2) is 9.37 Å². The van der Waals surface area contributed by atoms with E-state index in [1.165, 1.54) is 12.1 Å². The SMILES string of the molecule is CCN(CC)CCOc1ccc(Nc2ncc(-c3cccc(F)c3)c(Nc3ccccc3OC)n2)cc1. The van der Waals surface area contributed by atoms with Gasteiger partial charge in [-0.3, -0.25) is 0 Å². The van der Waals surface area contributed by atoms with E-state index in [9.17, 15) is 4.39 Å². The number of ether oxygens (including phenoxy) is 2. The van der Waals surface area contributed by atoms with Gasteiger partial charge in [-0.1, -0.05) is 38.1 Å². The van der Waals surface area contributed by atoms with E-state index >= 15 is 0 Å². The predicted molar refractivity (Wildman–Crippen MR) is 147 cm³/mol. The van der Waals surface area contributed by atoms with Crippen LogP contribution in [0.1, 0.15) is 13.8 Å². The molecule has 0 amide bonds. The third-order valence-electron chi connectivity index (χ3n) is 5.97. The molecule has 0 unspecified atom stereocenters. The van der Waals surface area contributed by atoms with Crippen LogP contribution >= 0.6 is 0 Å². The first kappa shape index (κ1) is 25.9. The molecule has 7 nitrogen and oxygen atoms in total. The standard InChI is InChI=1S/C29H32FN5O2/c1-4-35(5-2)17-18-37-24-15-13-23(14-16-24)32-29-31-20-25(21-9-8-10-22(30)19-21)28(34-29)33-26-11-6-7-12-27(26)36-3/h6-16,19-20H,4-5,17-18H2,1-3H3,(H2,31,32,33,34). The smallest absolute Gasteiger partial charge is 0.229 e. The molecule has 4 rings (SSSR count). The molecule has 0 radical (unpaired) electrons. The number of rotatable bonds is 12. The Hall–Kier alpha value is -4.17. The summed E-state index contributed by atoms with van der Waals surface area (Å²) in [6.07, 6.45) is 1.67. The van der Waals surface area contributed by atoms with Crippen molar-refractivity contribution in [1.29, 1.82) is 0 Å². The van der Waals surface area contributed by atoms with Crippen molar-refractivity contribution < 1.29 is 13.9 Å². The van der Waals surface area contributed by atoms with Gasteiger partial charge in [0, 0.05) is 24.0 Å². The highest BCUT2D eigenvalue weighted by molar-refractivity contribution is 5.80. The normalized spacial score (nSPS) is 10.8. The van der Waals surface area contributed by atoms with Crippen LogP contribution in [0.15, 0.2) is 79.0 Å². The van der Waals surface area contributed by atoms with Crippen LogP contribution in [-0.2, 0) is 0 Å². The van der Waals surface area contributed by atoms with Crippen molar-refractivity contribution in [2.45, 2.75) is 13.8 Å². The second-order valence-corrected chi connectivity index (χ2v) is 8.32. The van der Waals surface area contributed by atoms with Crippen molar-refractivity contribution in [1.82, 2.24) is 14.9 Å². The summed E-state index contributed by atoms with van der Waals surface area (Å²) in [5, 5.41) is 6.56. The minimum atomic E-state index is -0.331. The Balaban J connectivity index is 1.54. The number of nitrogens with one attached hydrogen (secondary N) is 2. The summed E-state index contributed by atoms with van der Waals surface area (Å²) >= 11 is 0. The molecule has 3 aromatic carbocycles. The number of nitrogens with zero attached hydrogens (tertiary/aromatic N) is 3. The van der Waals surface area contributed by atoms with E-state index in [0.29, 0.717) is 35.2 Å². The van der Waals surface area contributed by atoms with Crippen molar-refractivity contribution in [3.05, 3.63) is 84.8 Å². The van der Waals surface area contributed by atoms with Crippen LogP contribution in [0.25, 0.3) is 11.1 Å². The van der Waals surface area contributed by atoms with Gasteiger partial charge in [0.25, 0.3) is 0 Å². The van der Waals surface area contributed by atoms with Gasteiger partial charge in [-0.2, -0.15) is 4.98 Å². The molecule has 2 N–H and O–H groups in total. The number of anilines is 4. The van der Waals surface area contributed by atoms with E-state index in [0.717, 1.165) is 36.8 Å². The Morgan fingerprint density at radius 2 is 1.70 bits per heavy atom. The molecule has 0 aliphatic carbocycles. The molecular formula is C29H32FN5O2. The molecule has 0 bridgehead atoms. The lowest BCUT2D eigenvalue weighted by Crippen LogP contribution is -2.27. The molecule has 1 heterocycles. The molecule has 0 aliphatic rings. The number of hydrogen-bond acceptors (Lipinski definition) is 7. The molecule has 0 saturated heterocycles. The maximum atomic E-state index is 14.0. The van der Waals surface area contributed by atoms with Gasteiger partial charge in [0.1, 0.15) is 29.7 Å². The number of halogens is 1. The zero-order chi connectivity index (χ0) is 26.0. The maximum absolute atomic E-state index is 14.0. The Morgan fingerprint density at radius 1 is 0.919 bits per heavy atom. The number of aromatic nitrogens is 2. The largest absolute Gasteiger partial charge is 0.495 e. The number of likely N-dealkylation sites (N-methyl/N-ethyl adjacent to an activating group) is 1. The lowest BCUT2D eigenvalue weighted by molar-refractivity contribution is 0.223. The molecule has 0 aliphatic heterocycles. The van der Waals surface area contributed by atoms with Crippen LogP contribution in [0.4, 0.5) is 27.5 Å². The fourth-order valence-corrected chi connectivity index (χ4v) is 3.88. The average Bonchev–Trinajstić information content (AvgIpc) is 2.92. The number of para-hydroxylation sites is 2. The van der Waals surface area contributed by atoms with Crippen molar-refractivity contribution in [2.24, 2.45) is 0 Å². The Labute approximate surface area is 217 Å². The molecule has 37 heavy (non-hydrogen) atoms. The highest BCUT2D eigenvalue weighted by Crippen LogP contribution is 2.33. The summed E-state index contributed by atoms with van der Waals surface area (Å²) < 4.78 is 25.3. The van der Waals surface area contributed by atoms with Gasteiger partial charge in [0.15, 0.2) is 0 Å². The van der Waals surface area contributed by atoms with Gasteiger partial charge in [-0.15, -0.1) is 0 Å². The topological polar surface area (TPSA) is 71.5 Å². The first-order valence-corrected chi connectivity index (χ1v) is 12.3. The molecule has 0 spiro atoms. The zero-order valence-electron chi connectivity index (χ0n) is 21.4. The van der Waals surface area contributed by atoms with Gasteiger partial charge >= 0.3 is 0 Å². The summed E-state index contributed by atoms with van der Waals surface area (Å²) in [6.45, 7) is 7.84. The van der Waals surface area contributed by atoms with Crippen LogP contribution in [0.3, 0.4) is 0 Å². The van der Waals surface area contributed by atoms with Crippen molar-refractivity contribution in [3.8, 4) is 22.6 Å². The van der Waals surface area contributed by atoms with Crippen molar-refractivity contribution in [2.75, 3.05) is 44.0 Å². The molecule has 0 atom stereocenters. The number of methoxy groups -OCH3 is 1. The quantitative estimate of drug-likeness (QED) is 0.230. The van der Waals surface area contributed by atoms with Crippen LogP contribution < -0.4 is 20.1 Å². The average molecular weight is 502 g/mol. The van der Waals surface area contributed by atoms with E-state index in [1.54, 1.807) is 19.4 Å². The van der Waals surface area contributed by atoms with E-state index in [2.05, 4.69) is 34.4 Å². The van der Waals surface area contributed by atoms with Gasteiger partial charge in [0.2, 0.25) is 5.95 Å². The monoisotopic (exact) mass is 501 g/mol. The molecule has 4 aromatic rings. The Morgan fingerprint density at radius 3 is 2.43 bits per heavy atom. The van der Waals surface area contributed by atoms with Gasteiger partial charge in [-0.05, 0) is 67.2 Å². The molecule has 192 valence electrons. The van der Waals surface area contributed by atoms with E-state index < -0.39 is 0 Å². The Kier molecular flexibility index (Phi) is 8.89. The zero-order valence-corrected chi connectivity index (χ0v) is 21.4. The second-order valence-electron chi connectivity index (χ2n) is 8.32. The third kappa shape index (κ3) is 6.95. The highest BCUT2D eigenvalue weighted by Gasteiger charge is 2.13. The molecule has 1 aromatic heterocycles. The van der Waals surface area contributed by atoms with Crippen molar-refractivity contribution >= 4 is 23.1 Å². The molecule has 8 heteroatoms. The van der Waals surface area contributed by atoms with E-state index in [4.69, 9.17) is 14.5 Å². The first-order valence-electron chi connectivity index (χ1n) is 12.3. The minimum absolute atomic E-state index is 0.331. The van der Waals surface area contributed by atoms with E-state index in [1.807, 2.05) is 54.6 Å². The van der Waals surface area contributed by atoms with Crippen LogP contribution in [0, 0.1) is 5.82 Å². The molecule has 0 saturated carbocycles. The van der Waals surface area contributed by atoms with Crippen molar-refractivity contribution in [3.63, 3.8) is 0 Å². The lowest BCUT2D eigenvalue weighted by Gasteiger charge is -2.18. The lowest BCUT2D eigenvalue weighted by atomic mass is 10.1. The fourth-order valence-electron chi connectivity index (χ4n) is 3.88. The van der Waals surface area contributed by atoms with E-state index in [-0.39, 0.29) is 5.82 Å². The van der Waals surface area contributed by atoms with Crippen LogP contribution in [-0.4, -0.2) is 48.2 Å². The summed E-state index contributed by atoms with van der Waals surface area (Å²) in [4.78, 5) is 11.5. The van der Waals surface area contributed by atoms with Crippen LogP contribution in [0.2, 0.25) is 0 Å². The first-order chi connectivity index (χ1) is 18.1.